The fourth-order valence-electron chi connectivity index (χ4n) is 0.708. The highest BCUT2D eigenvalue weighted by atomic mass is 79.9. The van der Waals surface area contributed by atoms with Gasteiger partial charge in [-0.3, -0.25) is 0 Å². The van der Waals surface area contributed by atoms with Crippen LogP contribution in [0.1, 0.15) is 39.5 Å². The van der Waals surface area contributed by atoms with Crippen molar-refractivity contribution in [2.45, 2.75) is 39.5 Å². The summed E-state index contributed by atoms with van der Waals surface area (Å²) in [5, 5.41) is 0. The fourth-order valence-corrected chi connectivity index (χ4v) is 0.937. The van der Waals surface area contributed by atoms with Crippen molar-refractivity contribution in [3.05, 3.63) is 10.6 Å². The second-order valence-corrected chi connectivity index (χ2v) is 2.87. The maximum Gasteiger partial charge on any atom is -0.0200 e. The molecule has 54 valence electrons. The van der Waals surface area contributed by atoms with E-state index in [0.29, 0.717) is 0 Å². The lowest BCUT2D eigenvalue weighted by atomic mass is 10.1. The number of halogens is 1. The van der Waals surface area contributed by atoms with Crippen LogP contribution in [0.5, 0.6) is 0 Å². The molecule has 0 spiro atoms. The third-order valence-electron chi connectivity index (χ3n) is 1.36. The summed E-state index contributed by atoms with van der Waals surface area (Å²) in [4.78, 5) is 2.02. The number of unbranched alkanes of at least 4 members (excludes halogenated alkanes) is 2. The lowest BCUT2D eigenvalue weighted by molar-refractivity contribution is 0.714. The van der Waals surface area contributed by atoms with E-state index in [0.717, 1.165) is 0 Å². The molecule has 0 heterocycles. The average Bonchev–Trinajstić information content (AvgIpc) is 1.89. The molecule has 0 radical (unpaired) electrons. The molecule has 0 nitrogen and oxygen atoms in total. The molecule has 1 heteroatoms. The molecule has 0 saturated heterocycles. The van der Waals surface area contributed by atoms with E-state index in [1.165, 1.54) is 31.3 Å². The molecule has 0 aliphatic heterocycles. The predicted octanol–water partition coefficient (Wildman–Crippen LogP) is 3.87. The van der Waals surface area contributed by atoms with E-state index in [2.05, 4.69) is 29.8 Å². The van der Waals surface area contributed by atoms with E-state index in [4.69, 9.17) is 0 Å². The first kappa shape index (κ1) is 9.22. The summed E-state index contributed by atoms with van der Waals surface area (Å²) in [6, 6.07) is 0. The van der Waals surface area contributed by atoms with Gasteiger partial charge in [0.1, 0.15) is 0 Å². The molecule has 0 bridgehead atoms. The van der Waals surface area contributed by atoms with Gasteiger partial charge in [0.15, 0.2) is 0 Å². The summed E-state index contributed by atoms with van der Waals surface area (Å²) >= 11 is 3.30. The molecule has 0 N–H and O–H groups in total. The minimum atomic E-state index is 1.25. The lowest BCUT2D eigenvalue weighted by Gasteiger charge is -1.96. The molecule has 9 heavy (non-hydrogen) atoms. The summed E-state index contributed by atoms with van der Waals surface area (Å²) in [7, 11) is 0. The average molecular weight is 191 g/mol. The topological polar surface area (TPSA) is 0 Å². The largest absolute Gasteiger partial charge is 0.0664 e. The van der Waals surface area contributed by atoms with Crippen molar-refractivity contribution >= 4 is 15.9 Å². The van der Waals surface area contributed by atoms with Gasteiger partial charge in [0.2, 0.25) is 0 Å². The smallest absolute Gasteiger partial charge is 0.0200 e. The minimum absolute atomic E-state index is 1.25. The van der Waals surface area contributed by atoms with Crippen LogP contribution in [0.3, 0.4) is 0 Å². The van der Waals surface area contributed by atoms with Crippen molar-refractivity contribution < 1.29 is 0 Å². The molecular formula is C8H15Br. The minimum Gasteiger partial charge on any atom is -0.0664 e. The van der Waals surface area contributed by atoms with Gasteiger partial charge < -0.3 is 0 Å². The summed E-state index contributed by atoms with van der Waals surface area (Å²) in [6.45, 7) is 4.39. The van der Waals surface area contributed by atoms with Gasteiger partial charge in [-0.1, -0.05) is 41.3 Å². The van der Waals surface area contributed by atoms with Gasteiger partial charge in [-0.2, -0.15) is 0 Å². The van der Waals surface area contributed by atoms with Crippen LogP contribution < -0.4 is 0 Å². The van der Waals surface area contributed by atoms with Crippen LogP contribution in [0.2, 0.25) is 0 Å². The monoisotopic (exact) mass is 190 g/mol. The maximum atomic E-state index is 3.30. The first-order valence-electron chi connectivity index (χ1n) is 3.57. The quantitative estimate of drug-likeness (QED) is 0.591. The normalized spacial score (nSPS) is 12.1. The molecule has 0 saturated carbocycles. The van der Waals surface area contributed by atoms with E-state index in [-0.39, 0.29) is 0 Å². The van der Waals surface area contributed by atoms with Crippen molar-refractivity contribution in [1.29, 1.82) is 0 Å². The Kier molecular flexibility index (Phi) is 6.50. The van der Waals surface area contributed by atoms with Gasteiger partial charge in [-0.25, -0.2) is 0 Å². The Bertz CT molecular complexity index is 84.6. The van der Waals surface area contributed by atoms with Gasteiger partial charge in [-0.05, 0) is 24.8 Å². The molecule has 0 amide bonds. The second-order valence-electron chi connectivity index (χ2n) is 2.41. The maximum absolute atomic E-state index is 3.30. The highest BCUT2D eigenvalue weighted by molar-refractivity contribution is 9.11. The van der Waals surface area contributed by atoms with Gasteiger partial charge in [0, 0.05) is 0 Å². The van der Waals surface area contributed by atoms with Crippen LogP contribution in [0.15, 0.2) is 10.6 Å². The van der Waals surface area contributed by atoms with E-state index in [9.17, 15) is 0 Å². The molecule has 0 atom stereocenters. The standard InChI is InChI=1S/C8H15Br/c1-3-4-5-6-8(2)7-9/h7H,3-6H2,1-2H3/b8-7-. The van der Waals surface area contributed by atoms with Crippen molar-refractivity contribution in [1.82, 2.24) is 0 Å². The number of rotatable bonds is 4. The lowest BCUT2D eigenvalue weighted by Crippen LogP contribution is -1.76. The molecule has 0 aliphatic carbocycles. The van der Waals surface area contributed by atoms with E-state index < -0.39 is 0 Å². The van der Waals surface area contributed by atoms with E-state index >= 15 is 0 Å². The molecule has 0 aromatic heterocycles. The molecule has 0 fully saturated rings. The van der Waals surface area contributed by atoms with Crippen LogP contribution in [0, 0.1) is 0 Å². The Morgan fingerprint density at radius 1 is 1.44 bits per heavy atom. The molecule has 0 aromatic carbocycles. The van der Waals surface area contributed by atoms with E-state index in [1.807, 2.05) is 4.99 Å². The van der Waals surface area contributed by atoms with E-state index in [1.54, 1.807) is 0 Å². The Hall–Kier alpha value is 0.220. The summed E-state index contributed by atoms with van der Waals surface area (Å²) in [6.07, 6.45) is 5.26. The van der Waals surface area contributed by atoms with Crippen molar-refractivity contribution in [2.75, 3.05) is 0 Å². The van der Waals surface area contributed by atoms with Gasteiger partial charge in [0.05, 0.1) is 0 Å². The number of allylic oxidation sites excluding steroid dienone is 1. The summed E-state index contributed by atoms with van der Waals surface area (Å²) < 4.78 is 0. The Morgan fingerprint density at radius 3 is 2.56 bits per heavy atom. The SMILES string of the molecule is CCCCC/C(C)=C\Br. The first-order chi connectivity index (χ1) is 4.31. The van der Waals surface area contributed by atoms with Crippen LogP contribution in [0.4, 0.5) is 0 Å². The Morgan fingerprint density at radius 2 is 2.11 bits per heavy atom. The van der Waals surface area contributed by atoms with Gasteiger partial charge in [0.25, 0.3) is 0 Å². The zero-order chi connectivity index (χ0) is 7.11. The van der Waals surface area contributed by atoms with Crippen molar-refractivity contribution in [3.63, 3.8) is 0 Å². The molecular weight excluding hydrogens is 176 g/mol. The third-order valence-corrected chi connectivity index (χ3v) is 2.14. The van der Waals surface area contributed by atoms with Crippen LogP contribution >= 0.6 is 15.9 Å². The Balaban J connectivity index is 3.07. The summed E-state index contributed by atoms with van der Waals surface area (Å²) in [5.74, 6) is 0. The zero-order valence-corrected chi connectivity index (χ0v) is 7.87. The highest BCUT2D eigenvalue weighted by Crippen LogP contribution is 2.08. The number of hydrogen-bond donors (Lipinski definition) is 0. The van der Waals surface area contributed by atoms with Gasteiger partial charge >= 0.3 is 0 Å². The highest BCUT2D eigenvalue weighted by Gasteiger charge is 1.87. The van der Waals surface area contributed by atoms with Crippen LogP contribution in [0.25, 0.3) is 0 Å². The molecule has 0 aromatic rings. The molecule has 0 unspecified atom stereocenters. The van der Waals surface area contributed by atoms with Crippen molar-refractivity contribution in [3.8, 4) is 0 Å². The first-order valence-corrected chi connectivity index (χ1v) is 4.48. The van der Waals surface area contributed by atoms with Gasteiger partial charge in [-0.15, -0.1) is 0 Å². The summed E-state index contributed by atoms with van der Waals surface area (Å²) in [5.41, 5.74) is 1.45. The Labute approximate surface area is 66.5 Å². The fraction of sp³-hybridized carbons (Fsp3) is 0.750. The molecule has 0 aliphatic rings. The number of hydrogen-bond acceptors (Lipinski definition) is 0. The molecule has 0 rings (SSSR count). The second kappa shape index (κ2) is 6.34. The predicted molar refractivity (Wildman–Crippen MR) is 46.8 cm³/mol. The zero-order valence-electron chi connectivity index (χ0n) is 6.28. The van der Waals surface area contributed by atoms with Crippen LogP contribution in [-0.4, -0.2) is 0 Å². The van der Waals surface area contributed by atoms with Crippen molar-refractivity contribution in [2.24, 2.45) is 0 Å². The third kappa shape index (κ3) is 6.10. The van der Waals surface area contributed by atoms with Crippen LogP contribution in [-0.2, 0) is 0 Å².